The van der Waals surface area contributed by atoms with Gasteiger partial charge >= 0.3 is 0 Å². The lowest BCUT2D eigenvalue weighted by Crippen LogP contribution is -2.49. The Hall–Kier alpha value is -2.13. The number of nitrogens with zero attached hydrogens (tertiary/aromatic N) is 4. The molecule has 154 valence electrons. The Balaban J connectivity index is 0.00000150. The highest BCUT2D eigenvalue weighted by molar-refractivity contribution is 7.13. The molecule has 1 atom stereocenters. The first-order chi connectivity index (χ1) is 13.2. The molecule has 1 amide bonds. The van der Waals surface area contributed by atoms with Gasteiger partial charge in [-0.2, -0.15) is 0 Å². The third kappa shape index (κ3) is 5.48. The Morgan fingerprint density at radius 2 is 2.17 bits per heavy atom. The van der Waals surface area contributed by atoms with Gasteiger partial charge < -0.3 is 10.2 Å². The molecule has 1 saturated heterocycles. The van der Waals surface area contributed by atoms with Gasteiger partial charge in [-0.05, 0) is 17.7 Å². The fourth-order valence-electron chi connectivity index (χ4n) is 3.19. The highest BCUT2D eigenvalue weighted by Gasteiger charge is 2.28. The van der Waals surface area contributed by atoms with Gasteiger partial charge in [-0.1, -0.05) is 12.1 Å². The van der Waals surface area contributed by atoms with Crippen LogP contribution < -0.4 is 5.32 Å². The molecule has 2 aromatic heterocycles. The van der Waals surface area contributed by atoms with Crippen LogP contribution in [-0.2, 0) is 11.2 Å². The Bertz CT molecular complexity index is 943. The SMILES string of the molecule is Cl.Cl.O=C(Cc1csc(-c2cnccn2)n1)N1CCNCC1c1cccc(F)c1. The first kappa shape index (κ1) is 23.2. The molecule has 0 spiro atoms. The van der Waals surface area contributed by atoms with E-state index in [0.717, 1.165) is 17.1 Å². The summed E-state index contributed by atoms with van der Waals surface area (Å²) in [6.07, 6.45) is 5.09. The summed E-state index contributed by atoms with van der Waals surface area (Å²) in [5.41, 5.74) is 2.21. The number of halogens is 3. The third-order valence-electron chi connectivity index (χ3n) is 4.46. The molecule has 1 unspecified atom stereocenters. The van der Waals surface area contributed by atoms with Gasteiger partial charge in [0.25, 0.3) is 0 Å². The molecule has 3 heterocycles. The summed E-state index contributed by atoms with van der Waals surface area (Å²) in [6.45, 7) is 1.91. The van der Waals surface area contributed by atoms with Crippen LogP contribution >= 0.6 is 36.2 Å². The van der Waals surface area contributed by atoms with Gasteiger partial charge in [0, 0.05) is 37.4 Å². The first-order valence-corrected chi connectivity index (χ1v) is 9.55. The van der Waals surface area contributed by atoms with Crippen molar-refractivity contribution in [1.29, 1.82) is 0 Å². The van der Waals surface area contributed by atoms with E-state index < -0.39 is 0 Å². The van der Waals surface area contributed by atoms with E-state index in [1.807, 2.05) is 16.3 Å². The van der Waals surface area contributed by atoms with Crippen LogP contribution in [0.4, 0.5) is 4.39 Å². The average molecular weight is 456 g/mol. The van der Waals surface area contributed by atoms with Crippen LogP contribution in [-0.4, -0.2) is 45.4 Å². The maximum atomic E-state index is 13.6. The van der Waals surface area contributed by atoms with Crippen LogP contribution in [0.1, 0.15) is 17.3 Å². The van der Waals surface area contributed by atoms with Crippen molar-refractivity contribution >= 4 is 42.1 Å². The molecule has 29 heavy (non-hydrogen) atoms. The second-order valence-electron chi connectivity index (χ2n) is 6.27. The van der Waals surface area contributed by atoms with Gasteiger partial charge in [-0.3, -0.25) is 14.8 Å². The number of carbonyl (C=O) groups is 1. The fraction of sp³-hybridized carbons (Fsp3) is 0.263. The Morgan fingerprint density at radius 3 is 2.93 bits per heavy atom. The molecule has 4 rings (SSSR count). The van der Waals surface area contributed by atoms with E-state index in [2.05, 4.69) is 20.3 Å². The van der Waals surface area contributed by atoms with Crippen molar-refractivity contribution in [2.24, 2.45) is 0 Å². The topological polar surface area (TPSA) is 71.0 Å². The number of thiazole rings is 1. The Kier molecular flexibility index (Phi) is 8.45. The zero-order valence-corrected chi connectivity index (χ0v) is 17.8. The van der Waals surface area contributed by atoms with Crippen LogP contribution in [0.25, 0.3) is 10.7 Å². The third-order valence-corrected chi connectivity index (χ3v) is 5.38. The van der Waals surface area contributed by atoms with E-state index in [-0.39, 0.29) is 49.0 Å². The quantitative estimate of drug-likeness (QED) is 0.653. The molecule has 1 aliphatic rings. The summed E-state index contributed by atoms with van der Waals surface area (Å²) in [5.74, 6) is -0.305. The molecular formula is C19H20Cl2FN5OS. The number of rotatable bonds is 4. The van der Waals surface area contributed by atoms with Gasteiger partial charge in [0.05, 0.1) is 24.4 Å². The predicted molar refractivity (Wildman–Crippen MR) is 115 cm³/mol. The number of amides is 1. The maximum absolute atomic E-state index is 13.6. The summed E-state index contributed by atoms with van der Waals surface area (Å²) < 4.78 is 13.6. The van der Waals surface area contributed by atoms with Gasteiger partial charge in [-0.15, -0.1) is 36.2 Å². The second kappa shape index (κ2) is 10.6. The van der Waals surface area contributed by atoms with E-state index in [0.29, 0.717) is 24.5 Å². The van der Waals surface area contributed by atoms with Crippen molar-refractivity contribution in [3.05, 3.63) is 65.3 Å². The Labute approximate surface area is 184 Å². The number of aromatic nitrogens is 3. The Morgan fingerprint density at radius 1 is 1.31 bits per heavy atom. The molecule has 1 N–H and O–H groups in total. The van der Waals surface area contributed by atoms with Crippen molar-refractivity contribution in [2.45, 2.75) is 12.5 Å². The summed E-state index contributed by atoms with van der Waals surface area (Å²) >= 11 is 1.44. The van der Waals surface area contributed by atoms with Gasteiger partial charge in [0.2, 0.25) is 5.91 Å². The summed E-state index contributed by atoms with van der Waals surface area (Å²) in [4.78, 5) is 27.5. The molecule has 0 aliphatic carbocycles. The number of hydrogen-bond donors (Lipinski definition) is 1. The van der Waals surface area contributed by atoms with Crippen molar-refractivity contribution in [3.63, 3.8) is 0 Å². The normalized spacial score (nSPS) is 15.9. The minimum absolute atomic E-state index is 0. The van der Waals surface area contributed by atoms with Crippen molar-refractivity contribution in [2.75, 3.05) is 19.6 Å². The first-order valence-electron chi connectivity index (χ1n) is 8.67. The number of carbonyl (C=O) groups excluding carboxylic acids is 1. The lowest BCUT2D eigenvalue weighted by molar-refractivity contribution is -0.133. The fourth-order valence-corrected chi connectivity index (χ4v) is 3.97. The summed E-state index contributed by atoms with van der Waals surface area (Å²) in [5, 5.41) is 5.90. The number of piperazine rings is 1. The van der Waals surface area contributed by atoms with Crippen molar-refractivity contribution in [3.8, 4) is 10.7 Å². The average Bonchev–Trinajstić information content (AvgIpc) is 3.17. The molecule has 0 saturated carbocycles. The highest BCUT2D eigenvalue weighted by atomic mass is 35.5. The summed E-state index contributed by atoms with van der Waals surface area (Å²) in [7, 11) is 0. The monoisotopic (exact) mass is 455 g/mol. The molecule has 6 nitrogen and oxygen atoms in total. The molecule has 1 fully saturated rings. The van der Waals surface area contributed by atoms with E-state index in [9.17, 15) is 9.18 Å². The zero-order valence-electron chi connectivity index (χ0n) is 15.3. The van der Waals surface area contributed by atoms with E-state index in [4.69, 9.17) is 0 Å². The van der Waals surface area contributed by atoms with Crippen LogP contribution in [0.2, 0.25) is 0 Å². The van der Waals surface area contributed by atoms with Crippen LogP contribution in [0.15, 0.2) is 48.2 Å². The van der Waals surface area contributed by atoms with Gasteiger partial charge in [-0.25, -0.2) is 9.37 Å². The number of hydrogen-bond acceptors (Lipinski definition) is 6. The molecule has 10 heteroatoms. The van der Waals surface area contributed by atoms with Crippen LogP contribution in [0, 0.1) is 5.82 Å². The predicted octanol–water partition coefficient (Wildman–Crippen LogP) is 3.30. The van der Waals surface area contributed by atoms with E-state index in [1.165, 1.54) is 23.5 Å². The standard InChI is InChI=1S/C19H18FN5OS.2ClH/c20-14-3-1-2-13(8-14)17-11-22-6-7-25(17)18(26)9-15-12-27-19(24-15)16-10-21-4-5-23-16;;/h1-5,8,10,12,17,22H,6-7,9,11H2;2*1H. The smallest absolute Gasteiger partial charge is 0.229 e. The molecule has 1 aromatic carbocycles. The molecule has 3 aromatic rings. The van der Waals surface area contributed by atoms with E-state index >= 15 is 0 Å². The largest absolute Gasteiger partial charge is 0.333 e. The lowest BCUT2D eigenvalue weighted by atomic mass is 10.0. The molecule has 0 radical (unpaired) electrons. The lowest BCUT2D eigenvalue weighted by Gasteiger charge is -2.36. The zero-order chi connectivity index (χ0) is 18.6. The van der Waals surface area contributed by atoms with E-state index in [1.54, 1.807) is 24.7 Å². The number of benzene rings is 1. The van der Waals surface area contributed by atoms with Gasteiger partial charge in [0.15, 0.2) is 0 Å². The highest BCUT2D eigenvalue weighted by Crippen LogP contribution is 2.25. The minimum Gasteiger partial charge on any atom is -0.333 e. The van der Waals surface area contributed by atoms with Crippen molar-refractivity contribution < 1.29 is 9.18 Å². The molecule has 1 aliphatic heterocycles. The second-order valence-corrected chi connectivity index (χ2v) is 7.13. The van der Waals surface area contributed by atoms with Crippen LogP contribution in [0.5, 0.6) is 0 Å². The molecule has 0 bridgehead atoms. The maximum Gasteiger partial charge on any atom is 0.229 e. The summed E-state index contributed by atoms with van der Waals surface area (Å²) in [6, 6.07) is 6.26. The molecular weight excluding hydrogens is 436 g/mol. The number of nitrogens with one attached hydrogen (secondary N) is 1. The minimum atomic E-state index is -0.293. The van der Waals surface area contributed by atoms with Crippen LogP contribution in [0.3, 0.4) is 0 Å². The van der Waals surface area contributed by atoms with Crippen molar-refractivity contribution in [1.82, 2.24) is 25.2 Å². The van der Waals surface area contributed by atoms with Gasteiger partial charge in [0.1, 0.15) is 16.5 Å².